The summed E-state index contributed by atoms with van der Waals surface area (Å²) in [6.07, 6.45) is -0.823. The van der Waals surface area contributed by atoms with Gasteiger partial charge >= 0.3 is 0 Å². The lowest BCUT2D eigenvalue weighted by atomic mass is 9.94. The third-order valence-electron chi connectivity index (χ3n) is 4.19. The molecule has 2 aromatic rings. The average molecular weight is 362 g/mol. The zero-order valence-electron chi connectivity index (χ0n) is 14.4. The second kappa shape index (κ2) is 6.55. The molecule has 138 valence electrons. The van der Waals surface area contributed by atoms with Gasteiger partial charge in [0.1, 0.15) is 11.7 Å². The molecule has 1 unspecified atom stereocenters. The average Bonchev–Trinajstić information content (AvgIpc) is 2.63. The van der Waals surface area contributed by atoms with Crippen LogP contribution in [0.1, 0.15) is 28.4 Å². The number of rotatable bonds is 4. The highest BCUT2D eigenvalue weighted by Gasteiger charge is 2.37. The van der Waals surface area contributed by atoms with Gasteiger partial charge in [-0.1, -0.05) is 6.07 Å². The van der Waals surface area contributed by atoms with E-state index >= 15 is 0 Å². The van der Waals surface area contributed by atoms with E-state index in [0.29, 0.717) is 5.56 Å². The van der Waals surface area contributed by atoms with E-state index in [1.54, 1.807) is 0 Å². The van der Waals surface area contributed by atoms with Crippen LogP contribution >= 0.6 is 0 Å². The SMILES string of the molecule is COc1c(O)c2c(c(OC)c1OC)OC(c1ccc(O)c(O)c1)CC2=O. The van der Waals surface area contributed by atoms with Gasteiger partial charge in [-0.3, -0.25) is 4.79 Å². The lowest BCUT2D eigenvalue weighted by Gasteiger charge is -2.29. The third kappa shape index (κ3) is 2.59. The van der Waals surface area contributed by atoms with Gasteiger partial charge in [-0.15, -0.1) is 0 Å². The van der Waals surface area contributed by atoms with Crippen molar-refractivity contribution in [2.75, 3.05) is 21.3 Å². The predicted molar refractivity (Wildman–Crippen MR) is 89.9 cm³/mol. The summed E-state index contributed by atoms with van der Waals surface area (Å²) in [6, 6.07) is 4.15. The Labute approximate surface area is 149 Å². The van der Waals surface area contributed by atoms with Gasteiger partial charge < -0.3 is 34.3 Å². The van der Waals surface area contributed by atoms with Gasteiger partial charge in [0, 0.05) is 0 Å². The van der Waals surface area contributed by atoms with Gasteiger partial charge in [0.25, 0.3) is 0 Å². The monoisotopic (exact) mass is 362 g/mol. The molecule has 1 aliphatic rings. The minimum atomic E-state index is -0.743. The Morgan fingerprint density at radius 3 is 2.19 bits per heavy atom. The van der Waals surface area contributed by atoms with Gasteiger partial charge in [0.2, 0.25) is 17.2 Å². The lowest BCUT2D eigenvalue weighted by Crippen LogP contribution is -2.21. The smallest absolute Gasteiger partial charge is 0.211 e. The number of benzene rings is 2. The number of methoxy groups -OCH3 is 3. The van der Waals surface area contributed by atoms with E-state index in [-0.39, 0.29) is 52.3 Å². The fraction of sp³-hybridized carbons (Fsp3) is 0.278. The van der Waals surface area contributed by atoms with Gasteiger partial charge in [-0.05, 0) is 17.7 Å². The van der Waals surface area contributed by atoms with Crippen LogP contribution < -0.4 is 18.9 Å². The first-order chi connectivity index (χ1) is 12.4. The number of phenolic OH excluding ortho intramolecular Hbond substituents is 3. The van der Waals surface area contributed by atoms with E-state index in [2.05, 4.69) is 0 Å². The highest BCUT2D eigenvalue weighted by atomic mass is 16.6. The number of ether oxygens (including phenoxy) is 4. The van der Waals surface area contributed by atoms with Crippen molar-refractivity contribution < 1.29 is 39.1 Å². The van der Waals surface area contributed by atoms with E-state index in [4.69, 9.17) is 18.9 Å². The minimum absolute atomic E-state index is 0.0245. The van der Waals surface area contributed by atoms with E-state index in [1.165, 1.54) is 39.5 Å². The largest absolute Gasteiger partial charge is 0.504 e. The second-order valence-electron chi connectivity index (χ2n) is 5.63. The van der Waals surface area contributed by atoms with Crippen LogP contribution in [0, 0.1) is 0 Å². The van der Waals surface area contributed by atoms with Crippen molar-refractivity contribution in [3.05, 3.63) is 29.3 Å². The molecule has 0 aromatic heterocycles. The van der Waals surface area contributed by atoms with Crippen LogP contribution in [0.3, 0.4) is 0 Å². The molecule has 3 N–H and O–H groups in total. The van der Waals surface area contributed by atoms with Crippen molar-refractivity contribution in [2.45, 2.75) is 12.5 Å². The molecular formula is C18H18O8. The molecule has 3 rings (SSSR count). The highest BCUT2D eigenvalue weighted by molar-refractivity contribution is 6.05. The first kappa shape index (κ1) is 17.5. The van der Waals surface area contributed by atoms with Gasteiger partial charge in [-0.25, -0.2) is 0 Å². The summed E-state index contributed by atoms with van der Waals surface area (Å²) in [7, 11) is 4.07. The van der Waals surface area contributed by atoms with Crippen LogP contribution in [-0.2, 0) is 0 Å². The summed E-state index contributed by atoms with van der Waals surface area (Å²) < 4.78 is 21.6. The Hall–Kier alpha value is -3.29. The van der Waals surface area contributed by atoms with Crippen molar-refractivity contribution in [2.24, 2.45) is 0 Å². The summed E-state index contributed by atoms with van der Waals surface area (Å²) in [6.45, 7) is 0. The standard InChI is InChI=1S/C18H18O8/c1-23-16-14(22)13-11(21)7-12(8-4-5-9(19)10(20)6-8)26-15(13)17(24-2)18(16)25-3/h4-6,12,19-20,22H,7H2,1-3H3. The molecule has 8 nitrogen and oxygen atoms in total. The lowest BCUT2D eigenvalue weighted by molar-refractivity contribution is 0.0833. The van der Waals surface area contributed by atoms with Crippen LogP contribution in [0.4, 0.5) is 0 Å². The Kier molecular flexibility index (Phi) is 4.41. The summed E-state index contributed by atoms with van der Waals surface area (Å²) in [5.41, 5.74) is 0.425. The topological polar surface area (TPSA) is 115 Å². The zero-order valence-corrected chi connectivity index (χ0v) is 14.4. The van der Waals surface area contributed by atoms with Crippen molar-refractivity contribution in [3.8, 4) is 40.2 Å². The molecule has 2 aromatic carbocycles. The number of fused-ring (bicyclic) bond motifs is 1. The Balaban J connectivity index is 2.16. The van der Waals surface area contributed by atoms with Gasteiger partial charge in [-0.2, -0.15) is 0 Å². The number of ketones is 1. The summed E-state index contributed by atoms with van der Waals surface area (Å²) in [5.74, 6) is -1.19. The molecule has 1 atom stereocenters. The molecule has 0 aliphatic carbocycles. The third-order valence-corrected chi connectivity index (χ3v) is 4.19. The highest BCUT2D eigenvalue weighted by Crippen LogP contribution is 2.56. The molecule has 0 fully saturated rings. The van der Waals surface area contributed by atoms with Crippen LogP contribution in [0.5, 0.6) is 40.2 Å². The van der Waals surface area contributed by atoms with Crippen LogP contribution in [-0.4, -0.2) is 42.4 Å². The fourth-order valence-corrected chi connectivity index (χ4v) is 2.96. The number of carbonyl (C=O) groups excluding carboxylic acids is 1. The van der Waals surface area contributed by atoms with Crippen LogP contribution in [0.25, 0.3) is 0 Å². The Morgan fingerprint density at radius 1 is 0.962 bits per heavy atom. The molecule has 0 bridgehead atoms. The number of hydrogen-bond acceptors (Lipinski definition) is 8. The number of phenols is 3. The van der Waals surface area contributed by atoms with Crippen molar-refractivity contribution in [1.29, 1.82) is 0 Å². The Bertz CT molecular complexity index is 874. The molecule has 0 radical (unpaired) electrons. The number of carbonyl (C=O) groups is 1. The molecule has 1 heterocycles. The fourth-order valence-electron chi connectivity index (χ4n) is 2.96. The quantitative estimate of drug-likeness (QED) is 0.711. The van der Waals surface area contributed by atoms with Crippen molar-refractivity contribution >= 4 is 5.78 Å². The molecule has 26 heavy (non-hydrogen) atoms. The predicted octanol–water partition coefficient (Wildman–Crippen LogP) is 2.54. The van der Waals surface area contributed by atoms with Gasteiger partial charge in [0.05, 0.1) is 27.8 Å². The summed E-state index contributed by atoms with van der Waals surface area (Å²) >= 11 is 0. The zero-order chi connectivity index (χ0) is 19.0. The minimum Gasteiger partial charge on any atom is -0.504 e. The second-order valence-corrected chi connectivity index (χ2v) is 5.63. The molecular weight excluding hydrogens is 344 g/mol. The number of Topliss-reactive ketones (excluding diaryl/α,β-unsaturated/α-hetero) is 1. The van der Waals surface area contributed by atoms with E-state index < -0.39 is 11.9 Å². The van der Waals surface area contributed by atoms with Crippen LogP contribution in [0.2, 0.25) is 0 Å². The maximum absolute atomic E-state index is 12.7. The summed E-state index contributed by atoms with van der Waals surface area (Å²) in [5, 5.41) is 29.6. The maximum Gasteiger partial charge on any atom is 0.211 e. The van der Waals surface area contributed by atoms with Crippen molar-refractivity contribution in [3.63, 3.8) is 0 Å². The molecule has 8 heteroatoms. The van der Waals surface area contributed by atoms with Gasteiger partial charge in [0.15, 0.2) is 28.8 Å². The molecule has 0 saturated heterocycles. The Morgan fingerprint density at radius 2 is 1.62 bits per heavy atom. The van der Waals surface area contributed by atoms with E-state index in [0.717, 1.165) is 0 Å². The van der Waals surface area contributed by atoms with Crippen LogP contribution in [0.15, 0.2) is 18.2 Å². The molecule has 0 saturated carbocycles. The maximum atomic E-state index is 12.7. The molecule has 1 aliphatic heterocycles. The number of hydrogen-bond donors (Lipinski definition) is 3. The number of aromatic hydroxyl groups is 3. The van der Waals surface area contributed by atoms with E-state index in [9.17, 15) is 20.1 Å². The summed E-state index contributed by atoms with van der Waals surface area (Å²) in [4.78, 5) is 12.7. The normalized spacial score (nSPS) is 15.8. The van der Waals surface area contributed by atoms with E-state index in [1.807, 2.05) is 0 Å². The first-order valence-corrected chi connectivity index (χ1v) is 7.69. The van der Waals surface area contributed by atoms with Crippen molar-refractivity contribution in [1.82, 2.24) is 0 Å². The first-order valence-electron chi connectivity index (χ1n) is 7.69. The molecule has 0 spiro atoms. The molecule has 0 amide bonds.